The summed E-state index contributed by atoms with van der Waals surface area (Å²) in [4.78, 5) is 24.2. The van der Waals surface area contributed by atoms with E-state index in [4.69, 9.17) is 4.74 Å². The first-order valence-corrected chi connectivity index (χ1v) is 8.01. The van der Waals surface area contributed by atoms with Crippen molar-refractivity contribution in [3.63, 3.8) is 0 Å². The molecule has 2 rings (SSSR count). The van der Waals surface area contributed by atoms with E-state index in [0.29, 0.717) is 12.2 Å². The zero-order chi connectivity index (χ0) is 19.1. The van der Waals surface area contributed by atoms with E-state index in [1.54, 1.807) is 37.1 Å². The summed E-state index contributed by atoms with van der Waals surface area (Å²) in [6.07, 6.45) is 0. The third-order valence-corrected chi connectivity index (χ3v) is 3.92. The molecule has 0 radical (unpaired) electrons. The maximum atomic E-state index is 13.5. The smallest absolute Gasteiger partial charge is 0.269 e. The number of nitro benzene ring substituents is 1. The minimum atomic E-state index is -0.502. The number of rotatable bonds is 8. The van der Waals surface area contributed by atoms with Crippen molar-refractivity contribution >= 4 is 17.3 Å². The van der Waals surface area contributed by atoms with Crippen LogP contribution in [0.1, 0.15) is 6.92 Å². The molecule has 1 amide bonds. The number of amides is 1. The molecule has 2 aromatic carbocycles. The van der Waals surface area contributed by atoms with Gasteiger partial charge in [-0.2, -0.15) is 0 Å². The fourth-order valence-corrected chi connectivity index (χ4v) is 2.17. The van der Waals surface area contributed by atoms with Gasteiger partial charge in [0, 0.05) is 24.4 Å². The highest BCUT2D eigenvalue weighted by molar-refractivity contribution is 5.94. The van der Waals surface area contributed by atoms with Gasteiger partial charge in [0.25, 0.3) is 5.69 Å². The molecule has 7 nitrogen and oxygen atoms in total. The van der Waals surface area contributed by atoms with Crippen molar-refractivity contribution in [3.05, 3.63) is 64.5 Å². The SMILES string of the molecule is C[C@H](C(=O)Nc1ccc([N+](=O)[O-])cc1)N(C)CCOc1ccccc1F. The van der Waals surface area contributed by atoms with Gasteiger partial charge in [-0.05, 0) is 38.2 Å². The quantitative estimate of drug-likeness (QED) is 0.577. The number of halogens is 1. The first kappa shape index (κ1) is 19.3. The average Bonchev–Trinajstić information content (AvgIpc) is 2.63. The average molecular weight is 361 g/mol. The molecule has 0 heterocycles. The Morgan fingerprint density at radius 3 is 2.54 bits per heavy atom. The Balaban J connectivity index is 1.82. The van der Waals surface area contributed by atoms with Gasteiger partial charge in [0.2, 0.25) is 5.91 Å². The number of hydrogen-bond acceptors (Lipinski definition) is 5. The lowest BCUT2D eigenvalue weighted by Gasteiger charge is -2.23. The van der Waals surface area contributed by atoms with Crippen LogP contribution in [0.5, 0.6) is 5.75 Å². The molecule has 0 aromatic heterocycles. The lowest BCUT2D eigenvalue weighted by Crippen LogP contribution is -2.41. The Hall–Kier alpha value is -3.00. The van der Waals surface area contributed by atoms with Crippen molar-refractivity contribution in [3.8, 4) is 5.75 Å². The number of benzene rings is 2. The number of anilines is 1. The number of nitrogens with zero attached hydrogens (tertiary/aromatic N) is 2. The summed E-state index contributed by atoms with van der Waals surface area (Å²) in [7, 11) is 1.75. The maximum Gasteiger partial charge on any atom is 0.269 e. The van der Waals surface area contributed by atoms with Crippen LogP contribution in [0.3, 0.4) is 0 Å². The predicted molar refractivity (Wildman–Crippen MR) is 95.7 cm³/mol. The first-order chi connectivity index (χ1) is 12.4. The van der Waals surface area contributed by atoms with Gasteiger partial charge in [0.1, 0.15) is 6.61 Å². The Kier molecular flexibility index (Phi) is 6.62. The standard InChI is InChI=1S/C18H20FN3O4/c1-13(18(23)20-14-7-9-15(10-8-14)22(24)25)21(2)11-12-26-17-6-4-3-5-16(17)19/h3-10,13H,11-12H2,1-2H3,(H,20,23)/t13-/m1/s1. The molecule has 0 bridgehead atoms. The van der Waals surface area contributed by atoms with Crippen LogP contribution in [0.15, 0.2) is 48.5 Å². The number of nitro groups is 1. The molecule has 0 saturated heterocycles. The van der Waals surface area contributed by atoms with E-state index < -0.39 is 16.8 Å². The van der Waals surface area contributed by atoms with Crippen LogP contribution < -0.4 is 10.1 Å². The number of ether oxygens (including phenoxy) is 1. The number of non-ortho nitro benzene ring substituents is 1. The van der Waals surface area contributed by atoms with E-state index in [0.717, 1.165) is 0 Å². The summed E-state index contributed by atoms with van der Waals surface area (Å²) in [5.74, 6) is -0.518. The van der Waals surface area contributed by atoms with Crippen molar-refractivity contribution in [1.82, 2.24) is 4.90 Å². The van der Waals surface area contributed by atoms with Crippen LogP contribution in [-0.2, 0) is 4.79 Å². The molecular formula is C18H20FN3O4. The van der Waals surface area contributed by atoms with E-state index in [2.05, 4.69) is 5.32 Å². The zero-order valence-electron chi connectivity index (χ0n) is 14.5. The fourth-order valence-electron chi connectivity index (χ4n) is 2.17. The molecule has 8 heteroatoms. The number of carbonyl (C=O) groups is 1. The zero-order valence-corrected chi connectivity index (χ0v) is 14.5. The van der Waals surface area contributed by atoms with Gasteiger partial charge in [-0.3, -0.25) is 19.8 Å². The summed E-state index contributed by atoms with van der Waals surface area (Å²) in [6, 6.07) is 11.3. The molecule has 0 aliphatic heterocycles. The normalized spacial score (nSPS) is 11.8. The van der Waals surface area contributed by atoms with Gasteiger partial charge in [0.05, 0.1) is 11.0 Å². The molecule has 0 unspecified atom stereocenters. The van der Waals surface area contributed by atoms with Gasteiger partial charge in [0.15, 0.2) is 11.6 Å². The molecule has 138 valence electrons. The largest absolute Gasteiger partial charge is 0.489 e. The van der Waals surface area contributed by atoms with Crippen molar-refractivity contribution in [2.24, 2.45) is 0 Å². The lowest BCUT2D eigenvalue weighted by molar-refractivity contribution is -0.384. The summed E-state index contributed by atoms with van der Waals surface area (Å²) >= 11 is 0. The van der Waals surface area contributed by atoms with Gasteiger partial charge in [-0.15, -0.1) is 0 Å². The molecule has 0 fully saturated rings. The van der Waals surface area contributed by atoms with Crippen molar-refractivity contribution in [2.75, 3.05) is 25.5 Å². The van der Waals surface area contributed by atoms with Crippen LogP contribution in [0, 0.1) is 15.9 Å². The van der Waals surface area contributed by atoms with Crippen molar-refractivity contribution in [2.45, 2.75) is 13.0 Å². The minimum Gasteiger partial charge on any atom is -0.489 e. The minimum absolute atomic E-state index is 0.0431. The van der Waals surface area contributed by atoms with E-state index in [1.807, 2.05) is 0 Å². The Bertz CT molecular complexity index is 767. The molecule has 2 aromatic rings. The summed E-state index contributed by atoms with van der Waals surface area (Å²) in [6.45, 7) is 2.37. The molecule has 1 N–H and O–H groups in total. The molecule has 0 aliphatic carbocycles. The van der Waals surface area contributed by atoms with E-state index >= 15 is 0 Å². The van der Waals surface area contributed by atoms with Gasteiger partial charge < -0.3 is 10.1 Å². The lowest BCUT2D eigenvalue weighted by atomic mass is 10.2. The highest BCUT2D eigenvalue weighted by Crippen LogP contribution is 2.17. The van der Waals surface area contributed by atoms with Crippen molar-refractivity contribution in [1.29, 1.82) is 0 Å². The Morgan fingerprint density at radius 1 is 1.27 bits per heavy atom. The molecule has 26 heavy (non-hydrogen) atoms. The third-order valence-electron chi connectivity index (χ3n) is 3.92. The van der Waals surface area contributed by atoms with E-state index in [9.17, 15) is 19.3 Å². The number of carbonyl (C=O) groups excluding carboxylic acids is 1. The molecule has 0 aliphatic rings. The number of nitrogens with one attached hydrogen (secondary N) is 1. The van der Waals surface area contributed by atoms with E-state index in [1.165, 1.54) is 30.3 Å². The third kappa shape index (κ3) is 5.25. The number of hydrogen-bond donors (Lipinski definition) is 1. The number of para-hydroxylation sites is 1. The van der Waals surface area contributed by atoms with Gasteiger partial charge in [-0.25, -0.2) is 4.39 Å². The molecule has 1 atom stereocenters. The van der Waals surface area contributed by atoms with Crippen molar-refractivity contribution < 1.29 is 18.8 Å². The van der Waals surface area contributed by atoms with Crippen LogP contribution in [-0.4, -0.2) is 42.0 Å². The highest BCUT2D eigenvalue weighted by atomic mass is 19.1. The number of likely N-dealkylation sites (N-methyl/N-ethyl adjacent to an activating group) is 1. The maximum absolute atomic E-state index is 13.5. The van der Waals surface area contributed by atoms with Gasteiger partial charge >= 0.3 is 0 Å². The van der Waals surface area contributed by atoms with Crippen LogP contribution in [0.2, 0.25) is 0 Å². The molecule has 0 saturated carbocycles. The predicted octanol–water partition coefficient (Wildman–Crippen LogP) is 3.07. The van der Waals surface area contributed by atoms with E-state index in [-0.39, 0.29) is 24.0 Å². The second kappa shape index (κ2) is 8.91. The van der Waals surface area contributed by atoms with Crippen LogP contribution >= 0.6 is 0 Å². The fraction of sp³-hybridized carbons (Fsp3) is 0.278. The monoisotopic (exact) mass is 361 g/mol. The van der Waals surface area contributed by atoms with Crippen LogP contribution in [0.25, 0.3) is 0 Å². The first-order valence-electron chi connectivity index (χ1n) is 8.01. The summed E-state index contributed by atoms with van der Waals surface area (Å²) < 4.78 is 18.9. The molecule has 0 spiro atoms. The Morgan fingerprint density at radius 2 is 1.92 bits per heavy atom. The molecular weight excluding hydrogens is 341 g/mol. The Labute approximate surface area is 150 Å². The topological polar surface area (TPSA) is 84.7 Å². The highest BCUT2D eigenvalue weighted by Gasteiger charge is 2.18. The second-order valence-electron chi connectivity index (χ2n) is 5.73. The van der Waals surface area contributed by atoms with Crippen LogP contribution in [0.4, 0.5) is 15.8 Å². The summed E-state index contributed by atoms with van der Waals surface area (Å²) in [5, 5.41) is 13.3. The van der Waals surface area contributed by atoms with Gasteiger partial charge in [-0.1, -0.05) is 12.1 Å². The summed E-state index contributed by atoms with van der Waals surface area (Å²) in [5.41, 5.74) is 0.432. The second-order valence-corrected chi connectivity index (χ2v) is 5.73.